The van der Waals surface area contributed by atoms with Gasteiger partial charge in [-0.1, -0.05) is 25.4 Å². The van der Waals surface area contributed by atoms with E-state index in [4.69, 9.17) is 21.1 Å². The summed E-state index contributed by atoms with van der Waals surface area (Å²) >= 11 is 5.82. The first-order chi connectivity index (χ1) is 11.6. The van der Waals surface area contributed by atoms with E-state index in [1.165, 1.54) is 19.3 Å². The van der Waals surface area contributed by atoms with E-state index in [9.17, 15) is 5.11 Å². The maximum atomic E-state index is 10.1. The smallest absolute Gasteiger partial charge is 0.126 e. The third kappa shape index (κ3) is 6.60. The van der Waals surface area contributed by atoms with Gasteiger partial charge in [-0.25, -0.2) is 0 Å². The third-order valence-corrected chi connectivity index (χ3v) is 5.35. The molecule has 24 heavy (non-hydrogen) atoms. The van der Waals surface area contributed by atoms with Gasteiger partial charge in [-0.3, -0.25) is 0 Å². The zero-order chi connectivity index (χ0) is 17.4. The Morgan fingerprint density at radius 1 is 1.21 bits per heavy atom. The van der Waals surface area contributed by atoms with Crippen molar-refractivity contribution in [2.24, 2.45) is 11.8 Å². The van der Waals surface area contributed by atoms with Crippen LogP contribution in [0.1, 0.15) is 33.1 Å². The van der Waals surface area contributed by atoms with Crippen molar-refractivity contribution in [3.05, 3.63) is 29.3 Å². The molecule has 0 aromatic heterocycles. The Kier molecular flexibility index (Phi) is 8.33. The van der Waals surface area contributed by atoms with Crippen molar-refractivity contribution in [2.45, 2.75) is 45.3 Å². The van der Waals surface area contributed by atoms with E-state index in [0.29, 0.717) is 37.4 Å². The second-order valence-electron chi connectivity index (χ2n) is 6.93. The minimum Gasteiger partial charge on any atom is -0.491 e. The van der Waals surface area contributed by atoms with Crippen molar-refractivity contribution in [3.8, 4) is 5.75 Å². The van der Waals surface area contributed by atoms with Crippen LogP contribution in [-0.4, -0.2) is 43.6 Å². The van der Waals surface area contributed by atoms with E-state index >= 15 is 0 Å². The molecule has 0 aliphatic heterocycles. The third-order valence-electron chi connectivity index (χ3n) is 5.10. The maximum Gasteiger partial charge on any atom is 0.126 e. The number of benzene rings is 1. The highest BCUT2D eigenvalue weighted by atomic mass is 35.5. The summed E-state index contributed by atoms with van der Waals surface area (Å²) in [5, 5.41) is 13.1. The molecule has 0 bridgehead atoms. The summed E-state index contributed by atoms with van der Waals surface area (Å²) in [6.07, 6.45) is 3.48. The van der Waals surface area contributed by atoms with E-state index in [1.54, 1.807) is 12.1 Å². The number of quaternary nitrogens is 1. The predicted molar refractivity (Wildman–Crippen MR) is 96.5 cm³/mol. The van der Waals surface area contributed by atoms with Gasteiger partial charge in [0.2, 0.25) is 0 Å². The number of hydrogen-bond donors (Lipinski definition) is 2. The quantitative estimate of drug-likeness (QED) is 0.668. The lowest BCUT2D eigenvalue weighted by Crippen LogP contribution is -2.93. The topological polar surface area (TPSA) is 55.3 Å². The molecule has 1 aromatic rings. The molecule has 1 saturated carbocycles. The molecule has 0 radical (unpaired) electrons. The van der Waals surface area contributed by atoms with Crippen LogP contribution in [0.3, 0.4) is 0 Å². The summed E-state index contributed by atoms with van der Waals surface area (Å²) < 4.78 is 11.1. The van der Waals surface area contributed by atoms with Crippen LogP contribution in [0, 0.1) is 11.8 Å². The molecule has 2 rings (SSSR count). The van der Waals surface area contributed by atoms with Crippen LogP contribution in [-0.2, 0) is 4.74 Å². The highest BCUT2D eigenvalue weighted by Crippen LogP contribution is 2.27. The van der Waals surface area contributed by atoms with E-state index in [-0.39, 0.29) is 0 Å². The minimum atomic E-state index is -0.426. The van der Waals surface area contributed by atoms with Crippen molar-refractivity contribution < 1.29 is 19.9 Å². The Morgan fingerprint density at radius 2 is 1.96 bits per heavy atom. The second kappa shape index (κ2) is 10.2. The highest BCUT2D eigenvalue weighted by Gasteiger charge is 2.29. The van der Waals surface area contributed by atoms with Crippen molar-refractivity contribution in [3.63, 3.8) is 0 Å². The lowest BCUT2D eigenvalue weighted by Gasteiger charge is -2.32. The molecule has 4 nitrogen and oxygen atoms in total. The van der Waals surface area contributed by atoms with Crippen LogP contribution in [0.2, 0.25) is 5.02 Å². The van der Waals surface area contributed by atoms with E-state index in [0.717, 1.165) is 17.6 Å². The van der Waals surface area contributed by atoms with Gasteiger partial charge in [0.05, 0.1) is 19.3 Å². The molecule has 0 saturated heterocycles. The monoisotopic (exact) mass is 356 g/mol. The molecule has 0 amide bonds. The van der Waals surface area contributed by atoms with Gasteiger partial charge in [0.15, 0.2) is 0 Å². The number of halogens is 1. The Bertz CT molecular complexity index is 468. The van der Waals surface area contributed by atoms with Gasteiger partial charge in [-0.2, -0.15) is 0 Å². The fourth-order valence-electron chi connectivity index (χ4n) is 3.32. The minimum absolute atomic E-state index is 0.358. The lowest BCUT2D eigenvalue weighted by atomic mass is 9.78. The van der Waals surface area contributed by atoms with Crippen LogP contribution >= 0.6 is 11.6 Å². The van der Waals surface area contributed by atoms with E-state index in [2.05, 4.69) is 19.2 Å². The Morgan fingerprint density at radius 3 is 2.71 bits per heavy atom. The zero-order valence-corrected chi connectivity index (χ0v) is 15.5. The molecular formula is C19H31ClNO3+. The van der Waals surface area contributed by atoms with Crippen LogP contribution in [0.15, 0.2) is 24.3 Å². The van der Waals surface area contributed by atoms with Crippen molar-refractivity contribution in [2.75, 3.05) is 26.4 Å². The Labute approximate surface area is 150 Å². The summed E-state index contributed by atoms with van der Waals surface area (Å²) in [4.78, 5) is 0. The fourth-order valence-corrected chi connectivity index (χ4v) is 3.45. The molecule has 4 atom stereocenters. The van der Waals surface area contributed by atoms with Crippen LogP contribution < -0.4 is 10.1 Å². The molecule has 1 fully saturated rings. The van der Waals surface area contributed by atoms with Gasteiger partial charge in [0.1, 0.15) is 25.0 Å². The maximum absolute atomic E-state index is 10.1. The fraction of sp³-hybridized carbons (Fsp3) is 0.684. The predicted octanol–water partition coefficient (Wildman–Crippen LogP) is 2.48. The zero-order valence-electron chi connectivity index (χ0n) is 14.8. The second-order valence-corrected chi connectivity index (χ2v) is 7.37. The van der Waals surface area contributed by atoms with Crippen molar-refractivity contribution in [1.82, 2.24) is 0 Å². The number of aliphatic hydroxyl groups excluding tert-OH is 1. The average Bonchev–Trinajstić information content (AvgIpc) is 2.57. The number of aliphatic hydroxyl groups is 1. The van der Waals surface area contributed by atoms with E-state index in [1.807, 2.05) is 12.1 Å². The molecule has 3 N–H and O–H groups in total. The Balaban J connectivity index is 1.53. The number of rotatable bonds is 9. The summed E-state index contributed by atoms with van der Waals surface area (Å²) in [7, 11) is 0. The van der Waals surface area contributed by atoms with Gasteiger partial charge < -0.3 is 19.9 Å². The normalized spacial score (nSPS) is 25.4. The van der Waals surface area contributed by atoms with Gasteiger partial charge in [-0.15, -0.1) is 0 Å². The number of ether oxygens (including phenoxy) is 2. The average molecular weight is 357 g/mol. The van der Waals surface area contributed by atoms with E-state index < -0.39 is 6.10 Å². The van der Waals surface area contributed by atoms with Gasteiger partial charge in [0.25, 0.3) is 0 Å². The largest absolute Gasteiger partial charge is 0.491 e. The van der Waals surface area contributed by atoms with Crippen LogP contribution in [0.5, 0.6) is 5.75 Å². The number of nitrogens with two attached hydrogens (primary N) is 1. The SMILES string of the molecule is C[C@@H]1[C@H](C)CCC[C@H]1[NH2+]C[C@H](O)COCCOc1ccc(Cl)cc1. The van der Waals surface area contributed by atoms with Crippen LogP contribution in [0.4, 0.5) is 0 Å². The van der Waals surface area contributed by atoms with Crippen LogP contribution in [0.25, 0.3) is 0 Å². The summed E-state index contributed by atoms with van der Waals surface area (Å²) in [5.74, 6) is 2.29. The molecule has 1 aliphatic carbocycles. The number of hydrogen-bond acceptors (Lipinski definition) is 3. The molecule has 136 valence electrons. The first-order valence-electron chi connectivity index (χ1n) is 9.03. The first kappa shape index (κ1) is 19.5. The molecule has 0 spiro atoms. The molecule has 0 heterocycles. The first-order valence-corrected chi connectivity index (χ1v) is 9.41. The Hall–Kier alpha value is -0.810. The molecule has 0 unspecified atom stereocenters. The van der Waals surface area contributed by atoms with Crippen molar-refractivity contribution in [1.29, 1.82) is 0 Å². The summed E-state index contributed by atoms with van der Waals surface area (Å²) in [6, 6.07) is 7.89. The van der Waals surface area contributed by atoms with Gasteiger partial charge in [-0.05, 0) is 49.4 Å². The summed E-state index contributed by atoms with van der Waals surface area (Å²) in [5.41, 5.74) is 0. The molecular weight excluding hydrogens is 326 g/mol. The standard InChI is InChI=1S/C19H30ClNO3/c1-14-4-3-5-19(15(14)2)21-12-17(22)13-23-10-11-24-18-8-6-16(20)7-9-18/h6-9,14-15,17,19,21-22H,3-5,10-13H2,1-2H3/p+1/t14-,15-,17+,19-/m1/s1. The molecule has 1 aliphatic rings. The molecule has 5 heteroatoms. The van der Waals surface area contributed by atoms with Gasteiger partial charge in [0, 0.05) is 10.9 Å². The summed E-state index contributed by atoms with van der Waals surface area (Å²) in [6.45, 7) is 6.68. The highest BCUT2D eigenvalue weighted by molar-refractivity contribution is 6.30. The molecule has 1 aromatic carbocycles. The van der Waals surface area contributed by atoms with Gasteiger partial charge >= 0.3 is 0 Å². The van der Waals surface area contributed by atoms with Crippen molar-refractivity contribution >= 4 is 11.6 Å². The lowest BCUT2D eigenvalue weighted by molar-refractivity contribution is -0.704.